The van der Waals surface area contributed by atoms with Crippen molar-refractivity contribution >= 4 is 33.2 Å². The van der Waals surface area contributed by atoms with Crippen LogP contribution in [0.4, 0.5) is 0 Å². The van der Waals surface area contributed by atoms with Crippen LogP contribution >= 0.6 is 11.8 Å². The Morgan fingerprint density at radius 1 is 1.12 bits per heavy atom. The van der Waals surface area contributed by atoms with E-state index < -0.39 is 10.0 Å². The number of thioether (sulfide) groups is 1. The predicted molar refractivity (Wildman–Crippen MR) is 124 cm³/mol. The normalized spacial score (nSPS) is 30.3. The molecule has 0 amide bonds. The van der Waals surface area contributed by atoms with Crippen LogP contribution in [-0.4, -0.2) is 51.4 Å². The lowest BCUT2D eigenvalue weighted by Crippen LogP contribution is -2.51. The number of aromatic nitrogens is 3. The first-order valence-corrected chi connectivity index (χ1v) is 14.1. The van der Waals surface area contributed by atoms with Crippen molar-refractivity contribution in [3.8, 4) is 0 Å². The van der Waals surface area contributed by atoms with Crippen LogP contribution in [0, 0.1) is 23.2 Å². The third-order valence-electron chi connectivity index (χ3n) is 7.90. The van der Waals surface area contributed by atoms with Gasteiger partial charge in [0.1, 0.15) is 0 Å². The predicted octanol–water partition coefficient (Wildman–Crippen LogP) is 4.03. The van der Waals surface area contributed by atoms with Crippen LogP contribution in [0.1, 0.15) is 59.3 Å². The number of rotatable bonds is 8. The first kappa shape index (κ1) is 22.3. The molecule has 4 bridgehead atoms. The molecule has 1 atom stereocenters. The van der Waals surface area contributed by atoms with Gasteiger partial charge in [0.25, 0.3) is 0 Å². The second kappa shape index (κ2) is 8.09. The van der Waals surface area contributed by atoms with E-state index in [-0.39, 0.29) is 15.6 Å². The van der Waals surface area contributed by atoms with Gasteiger partial charge < -0.3 is 0 Å². The van der Waals surface area contributed by atoms with Crippen LogP contribution in [0.25, 0.3) is 5.65 Å². The van der Waals surface area contributed by atoms with E-state index in [0.717, 1.165) is 37.0 Å². The molecule has 174 valence electrons. The van der Waals surface area contributed by atoms with Gasteiger partial charge in [-0.05, 0) is 75.3 Å². The van der Waals surface area contributed by atoms with E-state index in [1.807, 2.05) is 20.8 Å². The molecule has 2 aromatic rings. The lowest BCUT2D eigenvalue weighted by Gasteiger charge is -2.56. The summed E-state index contributed by atoms with van der Waals surface area (Å²) in [5, 5.41) is 8.83. The average molecular weight is 477 g/mol. The maximum Gasteiger partial charge on any atom is 0.244 e. The molecular formula is C23H32N4O3S2. The Morgan fingerprint density at radius 3 is 2.28 bits per heavy atom. The fourth-order valence-corrected chi connectivity index (χ4v) is 9.33. The molecule has 7 nitrogen and oxygen atoms in total. The number of pyridine rings is 1. The summed E-state index contributed by atoms with van der Waals surface area (Å²) in [5.41, 5.74) is 0.430. The summed E-state index contributed by atoms with van der Waals surface area (Å²) in [4.78, 5) is 13.9. The van der Waals surface area contributed by atoms with Gasteiger partial charge >= 0.3 is 0 Å². The van der Waals surface area contributed by atoms with Gasteiger partial charge in [-0.3, -0.25) is 9.20 Å². The van der Waals surface area contributed by atoms with E-state index >= 15 is 0 Å². The van der Waals surface area contributed by atoms with Gasteiger partial charge in [-0.25, -0.2) is 8.42 Å². The zero-order valence-electron chi connectivity index (χ0n) is 19.0. The Bertz CT molecular complexity index is 1100. The minimum Gasteiger partial charge on any atom is -0.298 e. The Balaban J connectivity index is 1.40. The number of hydrogen-bond acceptors (Lipinski definition) is 6. The number of carbonyl (C=O) groups is 1. The van der Waals surface area contributed by atoms with Crippen molar-refractivity contribution in [2.24, 2.45) is 23.2 Å². The SMILES string of the molecule is CCN(CC)S(=O)(=O)c1ccc2nnc(S[C@H](C)C(=O)C34CC5CC(CC(C5)C3)C4)n2c1. The molecule has 4 aliphatic carbocycles. The third kappa shape index (κ3) is 3.60. The van der Waals surface area contributed by atoms with Crippen LogP contribution in [0.5, 0.6) is 0 Å². The molecule has 0 N–H and O–H groups in total. The fraction of sp³-hybridized carbons (Fsp3) is 0.696. The van der Waals surface area contributed by atoms with Gasteiger partial charge in [0.15, 0.2) is 16.6 Å². The molecular weight excluding hydrogens is 444 g/mol. The van der Waals surface area contributed by atoms with E-state index in [2.05, 4.69) is 10.2 Å². The lowest BCUT2D eigenvalue weighted by atomic mass is 9.48. The van der Waals surface area contributed by atoms with Gasteiger partial charge in [-0.15, -0.1) is 10.2 Å². The molecule has 6 rings (SSSR count). The molecule has 0 saturated heterocycles. The van der Waals surface area contributed by atoms with E-state index in [4.69, 9.17) is 0 Å². The summed E-state index contributed by atoms with van der Waals surface area (Å²) in [5.74, 6) is 2.53. The monoisotopic (exact) mass is 476 g/mol. The molecule has 4 fully saturated rings. The van der Waals surface area contributed by atoms with Crippen LogP contribution in [0.2, 0.25) is 0 Å². The molecule has 0 radical (unpaired) electrons. The highest BCUT2D eigenvalue weighted by Crippen LogP contribution is 2.61. The van der Waals surface area contributed by atoms with Crippen molar-refractivity contribution in [1.29, 1.82) is 0 Å². The van der Waals surface area contributed by atoms with E-state index in [0.29, 0.717) is 29.7 Å². The number of nitrogens with zero attached hydrogens (tertiary/aromatic N) is 4. The first-order chi connectivity index (χ1) is 15.3. The van der Waals surface area contributed by atoms with Crippen molar-refractivity contribution in [2.45, 2.75) is 74.6 Å². The van der Waals surface area contributed by atoms with Gasteiger partial charge in [0.05, 0.1) is 10.1 Å². The summed E-state index contributed by atoms with van der Waals surface area (Å²) in [6, 6.07) is 3.26. The zero-order chi connectivity index (χ0) is 22.7. The highest BCUT2D eigenvalue weighted by Gasteiger charge is 2.55. The summed E-state index contributed by atoms with van der Waals surface area (Å²) in [6.45, 7) is 6.46. The van der Waals surface area contributed by atoms with Gasteiger partial charge in [-0.1, -0.05) is 25.6 Å². The minimum absolute atomic E-state index is 0.154. The maximum atomic E-state index is 13.7. The average Bonchev–Trinajstić information content (AvgIpc) is 3.15. The zero-order valence-corrected chi connectivity index (χ0v) is 20.7. The lowest BCUT2D eigenvalue weighted by molar-refractivity contribution is -0.143. The van der Waals surface area contributed by atoms with Crippen LogP contribution in [0.15, 0.2) is 28.4 Å². The van der Waals surface area contributed by atoms with Gasteiger partial charge in [-0.2, -0.15) is 4.31 Å². The van der Waals surface area contributed by atoms with Crippen molar-refractivity contribution in [1.82, 2.24) is 18.9 Å². The number of hydrogen-bond donors (Lipinski definition) is 0. The highest BCUT2D eigenvalue weighted by molar-refractivity contribution is 8.00. The molecule has 2 aromatic heterocycles. The largest absolute Gasteiger partial charge is 0.298 e. The molecule has 32 heavy (non-hydrogen) atoms. The van der Waals surface area contributed by atoms with Crippen molar-refractivity contribution in [3.63, 3.8) is 0 Å². The van der Waals surface area contributed by atoms with Gasteiger partial charge in [0, 0.05) is 24.7 Å². The Morgan fingerprint density at radius 2 is 1.72 bits per heavy atom. The van der Waals surface area contributed by atoms with Crippen molar-refractivity contribution < 1.29 is 13.2 Å². The third-order valence-corrected chi connectivity index (χ3v) is 11.0. The molecule has 4 aliphatic rings. The van der Waals surface area contributed by atoms with Crippen LogP contribution in [0.3, 0.4) is 0 Å². The van der Waals surface area contributed by atoms with Crippen LogP contribution in [-0.2, 0) is 14.8 Å². The second-order valence-corrected chi connectivity index (χ2v) is 13.2. The summed E-state index contributed by atoms with van der Waals surface area (Å²) in [6.07, 6.45) is 8.68. The van der Waals surface area contributed by atoms with Crippen LogP contribution < -0.4 is 0 Å². The standard InChI is InChI=1S/C23H32N4O3S2/c1-4-26(5-2)32(29,30)19-6-7-20-24-25-22(27(20)14-19)31-15(3)21(28)23-11-16-8-17(12-23)10-18(9-16)13-23/h6-7,14-18H,4-5,8-13H2,1-3H3/t15-,16?,17?,18?,23?/m1/s1. The molecule has 0 aromatic carbocycles. The maximum absolute atomic E-state index is 13.7. The number of fused-ring (bicyclic) bond motifs is 1. The summed E-state index contributed by atoms with van der Waals surface area (Å²) >= 11 is 1.41. The second-order valence-electron chi connectivity index (χ2n) is 9.99. The molecule has 9 heteroatoms. The topological polar surface area (TPSA) is 84.6 Å². The number of Topliss-reactive ketones (excluding diaryl/α,β-unsaturated/α-hetero) is 1. The fourth-order valence-electron chi connectivity index (χ4n) is 6.85. The minimum atomic E-state index is -3.58. The summed E-state index contributed by atoms with van der Waals surface area (Å²) in [7, 11) is -3.58. The quantitative estimate of drug-likeness (QED) is 0.535. The number of sulfonamides is 1. The molecule has 4 saturated carbocycles. The van der Waals surface area contributed by atoms with Crippen molar-refractivity contribution in [3.05, 3.63) is 18.3 Å². The molecule has 0 aliphatic heterocycles. The number of carbonyl (C=O) groups excluding carboxylic acids is 1. The highest BCUT2D eigenvalue weighted by atomic mass is 32.2. The molecule has 0 spiro atoms. The summed E-state index contributed by atoms with van der Waals surface area (Å²) < 4.78 is 29.1. The Hall–Kier alpha value is -1.45. The Kier molecular flexibility index (Phi) is 5.65. The molecule has 2 heterocycles. The van der Waals surface area contributed by atoms with E-state index in [1.165, 1.54) is 35.3 Å². The number of ketones is 1. The van der Waals surface area contributed by atoms with E-state index in [9.17, 15) is 13.2 Å². The van der Waals surface area contributed by atoms with Gasteiger partial charge in [0.2, 0.25) is 10.0 Å². The van der Waals surface area contributed by atoms with E-state index in [1.54, 1.807) is 22.7 Å². The smallest absolute Gasteiger partial charge is 0.244 e. The van der Waals surface area contributed by atoms with Crippen molar-refractivity contribution in [2.75, 3.05) is 13.1 Å². The molecule has 0 unspecified atom stereocenters. The Labute approximate surface area is 194 Å². The first-order valence-electron chi connectivity index (χ1n) is 11.8.